The highest BCUT2D eigenvalue weighted by Gasteiger charge is 2.29. The van der Waals surface area contributed by atoms with E-state index in [1.807, 2.05) is 51.1 Å². The van der Waals surface area contributed by atoms with Gasteiger partial charge in [-0.15, -0.1) is 0 Å². The van der Waals surface area contributed by atoms with E-state index in [2.05, 4.69) is 31.4 Å². The van der Waals surface area contributed by atoms with Crippen LogP contribution >= 0.6 is 0 Å². The number of rotatable bonds is 4. The maximum absolute atomic E-state index is 12.1. The summed E-state index contributed by atoms with van der Waals surface area (Å²) in [6.45, 7) is 12.1. The van der Waals surface area contributed by atoms with E-state index in [0.29, 0.717) is 0 Å². The summed E-state index contributed by atoms with van der Waals surface area (Å²) in [6.07, 6.45) is 0.785. The normalized spacial score (nSPS) is 13.4. The van der Waals surface area contributed by atoms with Gasteiger partial charge in [0.25, 0.3) is 0 Å². The number of carbonyl (C=O) groups is 2. The third-order valence-electron chi connectivity index (χ3n) is 3.28. The van der Waals surface area contributed by atoms with E-state index >= 15 is 0 Å². The predicted octanol–water partition coefficient (Wildman–Crippen LogP) is 3.19. The molecule has 0 aliphatic carbocycles. The van der Waals surface area contributed by atoms with Crippen molar-refractivity contribution in [3.05, 3.63) is 35.9 Å². The SMILES string of the molecule is CC(NC(=O)C(=O)NC(C)(C)CC(C)(C)C)c1ccccc1. The number of nitrogens with one attached hydrogen (secondary N) is 2. The molecule has 0 aliphatic rings. The summed E-state index contributed by atoms with van der Waals surface area (Å²) >= 11 is 0. The Morgan fingerprint density at radius 3 is 2.05 bits per heavy atom. The van der Waals surface area contributed by atoms with Gasteiger partial charge in [-0.05, 0) is 38.2 Å². The molecule has 0 fully saturated rings. The van der Waals surface area contributed by atoms with Gasteiger partial charge in [0.15, 0.2) is 0 Å². The quantitative estimate of drug-likeness (QED) is 0.839. The van der Waals surface area contributed by atoms with Gasteiger partial charge in [0.2, 0.25) is 0 Å². The van der Waals surface area contributed by atoms with E-state index < -0.39 is 17.4 Å². The Balaban J connectivity index is 2.60. The van der Waals surface area contributed by atoms with Crippen molar-refractivity contribution in [1.82, 2.24) is 10.6 Å². The second-order valence-electron chi connectivity index (χ2n) is 7.68. The van der Waals surface area contributed by atoms with Crippen LogP contribution in [0.5, 0.6) is 0 Å². The van der Waals surface area contributed by atoms with Crippen molar-refractivity contribution in [2.75, 3.05) is 0 Å². The Kier molecular flexibility index (Phi) is 5.75. The van der Waals surface area contributed by atoms with Crippen molar-refractivity contribution in [2.45, 2.75) is 59.5 Å². The topological polar surface area (TPSA) is 58.2 Å². The molecule has 1 rings (SSSR count). The molecule has 22 heavy (non-hydrogen) atoms. The first-order valence-corrected chi connectivity index (χ1v) is 7.68. The van der Waals surface area contributed by atoms with Gasteiger partial charge in [-0.3, -0.25) is 9.59 Å². The molecule has 1 atom stereocenters. The Labute approximate surface area is 133 Å². The Hall–Kier alpha value is -1.84. The summed E-state index contributed by atoms with van der Waals surface area (Å²) in [5.74, 6) is -1.18. The zero-order valence-corrected chi connectivity index (χ0v) is 14.5. The lowest BCUT2D eigenvalue weighted by atomic mass is 9.82. The lowest BCUT2D eigenvalue weighted by Crippen LogP contribution is -2.51. The molecule has 0 spiro atoms. The van der Waals surface area contributed by atoms with Crippen LogP contribution in [-0.2, 0) is 9.59 Å². The lowest BCUT2D eigenvalue weighted by Gasteiger charge is -2.33. The second-order valence-corrected chi connectivity index (χ2v) is 7.68. The molecule has 0 aliphatic heterocycles. The van der Waals surface area contributed by atoms with E-state index in [1.54, 1.807) is 0 Å². The molecular weight excluding hydrogens is 276 g/mol. The summed E-state index contributed by atoms with van der Waals surface area (Å²) in [5, 5.41) is 5.55. The highest BCUT2D eigenvalue weighted by molar-refractivity contribution is 6.35. The fourth-order valence-corrected chi connectivity index (χ4v) is 2.82. The molecule has 0 saturated heterocycles. The Morgan fingerprint density at radius 2 is 1.55 bits per heavy atom. The first-order valence-electron chi connectivity index (χ1n) is 7.68. The summed E-state index contributed by atoms with van der Waals surface area (Å²) in [6, 6.07) is 9.37. The fraction of sp³-hybridized carbons (Fsp3) is 0.556. The van der Waals surface area contributed by atoms with Gasteiger partial charge in [0.05, 0.1) is 6.04 Å². The van der Waals surface area contributed by atoms with Gasteiger partial charge in [0, 0.05) is 5.54 Å². The monoisotopic (exact) mass is 304 g/mol. The van der Waals surface area contributed by atoms with Gasteiger partial charge in [0.1, 0.15) is 0 Å². The molecule has 0 aromatic heterocycles. The van der Waals surface area contributed by atoms with Crippen molar-refractivity contribution in [2.24, 2.45) is 5.41 Å². The molecule has 1 unspecified atom stereocenters. The smallest absolute Gasteiger partial charge is 0.309 e. The maximum Gasteiger partial charge on any atom is 0.309 e. The minimum Gasteiger partial charge on any atom is -0.343 e. The average molecular weight is 304 g/mol. The molecule has 2 N–H and O–H groups in total. The van der Waals surface area contributed by atoms with E-state index in [0.717, 1.165) is 12.0 Å². The van der Waals surface area contributed by atoms with Crippen LogP contribution in [0.3, 0.4) is 0 Å². The number of carbonyl (C=O) groups excluding carboxylic acids is 2. The van der Waals surface area contributed by atoms with Crippen LogP contribution in [0.15, 0.2) is 30.3 Å². The van der Waals surface area contributed by atoms with E-state index in [4.69, 9.17) is 0 Å². The summed E-state index contributed by atoms with van der Waals surface area (Å²) in [7, 11) is 0. The molecule has 0 saturated carbocycles. The summed E-state index contributed by atoms with van der Waals surface area (Å²) in [5.41, 5.74) is 0.616. The van der Waals surface area contributed by atoms with Crippen molar-refractivity contribution in [1.29, 1.82) is 0 Å². The minimum atomic E-state index is -0.599. The van der Waals surface area contributed by atoms with Crippen molar-refractivity contribution < 1.29 is 9.59 Å². The number of hydrogen-bond acceptors (Lipinski definition) is 2. The van der Waals surface area contributed by atoms with E-state index in [9.17, 15) is 9.59 Å². The molecule has 0 heterocycles. The molecule has 2 amide bonds. The molecule has 0 bridgehead atoms. The zero-order chi connectivity index (χ0) is 17.0. The minimum absolute atomic E-state index is 0.0740. The van der Waals surface area contributed by atoms with Crippen LogP contribution in [0.4, 0.5) is 0 Å². The predicted molar refractivity (Wildman–Crippen MR) is 89.3 cm³/mol. The van der Waals surface area contributed by atoms with E-state index in [1.165, 1.54) is 0 Å². The average Bonchev–Trinajstić information content (AvgIpc) is 2.36. The van der Waals surface area contributed by atoms with Crippen molar-refractivity contribution >= 4 is 11.8 Å². The molecule has 4 nitrogen and oxygen atoms in total. The van der Waals surface area contributed by atoms with Crippen molar-refractivity contribution in [3.63, 3.8) is 0 Å². The van der Waals surface area contributed by atoms with Gasteiger partial charge >= 0.3 is 11.8 Å². The third-order valence-corrected chi connectivity index (χ3v) is 3.28. The highest BCUT2D eigenvalue weighted by Crippen LogP contribution is 2.26. The molecule has 1 aromatic rings. The second kappa shape index (κ2) is 6.95. The zero-order valence-electron chi connectivity index (χ0n) is 14.5. The standard InChI is InChI=1S/C18H28N2O2/c1-13(14-10-8-7-9-11-14)19-15(21)16(22)20-18(5,6)12-17(2,3)4/h7-11,13H,12H2,1-6H3,(H,19,21)(H,20,22). The summed E-state index contributed by atoms with van der Waals surface area (Å²) < 4.78 is 0. The largest absolute Gasteiger partial charge is 0.343 e. The summed E-state index contributed by atoms with van der Waals surface area (Å²) in [4.78, 5) is 24.1. The highest BCUT2D eigenvalue weighted by atomic mass is 16.2. The number of amides is 2. The van der Waals surface area contributed by atoms with Crippen molar-refractivity contribution in [3.8, 4) is 0 Å². The molecule has 122 valence electrons. The van der Waals surface area contributed by atoms with Crippen LogP contribution in [0, 0.1) is 5.41 Å². The molecule has 0 radical (unpaired) electrons. The van der Waals surface area contributed by atoms with Gasteiger partial charge < -0.3 is 10.6 Å². The Morgan fingerprint density at radius 1 is 1.00 bits per heavy atom. The van der Waals surface area contributed by atoms with E-state index in [-0.39, 0.29) is 11.5 Å². The third kappa shape index (κ3) is 6.29. The van der Waals surface area contributed by atoms with Gasteiger partial charge in [-0.2, -0.15) is 0 Å². The number of benzene rings is 1. The fourth-order valence-electron chi connectivity index (χ4n) is 2.82. The first kappa shape index (κ1) is 18.2. The van der Waals surface area contributed by atoms with Gasteiger partial charge in [-0.1, -0.05) is 51.1 Å². The molecule has 1 aromatic carbocycles. The lowest BCUT2D eigenvalue weighted by molar-refractivity contribution is -0.140. The molecular formula is C18H28N2O2. The van der Waals surface area contributed by atoms with Gasteiger partial charge in [-0.25, -0.2) is 0 Å². The van der Waals surface area contributed by atoms with Crippen LogP contribution in [0.1, 0.15) is 59.6 Å². The molecule has 4 heteroatoms. The number of hydrogen-bond donors (Lipinski definition) is 2. The van der Waals surface area contributed by atoms with Crippen LogP contribution in [-0.4, -0.2) is 17.4 Å². The van der Waals surface area contributed by atoms with Crippen LogP contribution < -0.4 is 10.6 Å². The van der Waals surface area contributed by atoms with Crippen LogP contribution in [0.2, 0.25) is 0 Å². The Bertz CT molecular complexity index is 516. The maximum atomic E-state index is 12.1. The van der Waals surface area contributed by atoms with Crippen LogP contribution in [0.25, 0.3) is 0 Å². The first-order chi connectivity index (χ1) is 10.0.